The van der Waals surface area contributed by atoms with Crippen LogP contribution in [0.25, 0.3) is 11.3 Å². The van der Waals surface area contributed by atoms with E-state index in [0.29, 0.717) is 17.0 Å². The summed E-state index contributed by atoms with van der Waals surface area (Å²) >= 11 is 0. The second kappa shape index (κ2) is 7.10. The molecule has 0 unspecified atom stereocenters. The molecule has 3 rings (SSSR count). The van der Waals surface area contributed by atoms with E-state index in [9.17, 15) is 15.0 Å². The summed E-state index contributed by atoms with van der Waals surface area (Å²) in [4.78, 5) is 11.3. The molecule has 0 spiro atoms. The molecule has 3 aromatic rings. The molecule has 132 valence electrons. The lowest BCUT2D eigenvalue weighted by molar-refractivity contribution is 0.450. The maximum Gasteiger partial charge on any atom is 0.264 e. The normalized spacial score (nSPS) is 11.4. The van der Waals surface area contributed by atoms with Gasteiger partial charge < -0.3 is 10.2 Å². The van der Waals surface area contributed by atoms with Crippen LogP contribution >= 0.6 is 0 Å². The zero-order valence-corrected chi connectivity index (χ0v) is 14.3. The SMILES string of the molecule is CC(=NNc1ccc(-c2n[nH]c(=O)cc2C)cc1)c1ccc(O)cc1O. The fourth-order valence-corrected chi connectivity index (χ4v) is 2.53. The van der Waals surface area contributed by atoms with Gasteiger partial charge in [0.05, 0.1) is 17.1 Å². The number of rotatable bonds is 4. The second-order valence-electron chi connectivity index (χ2n) is 5.85. The molecule has 1 aromatic heterocycles. The Morgan fingerprint density at radius 1 is 1.12 bits per heavy atom. The van der Waals surface area contributed by atoms with Crippen molar-refractivity contribution in [3.8, 4) is 22.8 Å². The van der Waals surface area contributed by atoms with E-state index >= 15 is 0 Å². The molecule has 4 N–H and O–H groups in total. The highest BCUT2D eigenvalue weighted by molar-refractivity contribution is 6.01. The highest BCUT2D eigenvalue weighted by Gasteiger charge is 2.07. The Balaban J connectivity index is 1.78. The summed E-state index contributed by atoms with van der Waals surface area (Å²) in [6.45, 7) is 3.59. The molecular formula is C19H18N4O3. The van der Waals surface area contributed by atoms with Crippen LogP contribution in [0.4, 0.5) is 5.69 Å². The Kier molecular flexibility index (Phi) is 4.70. The first-order valence-corrected chi connectivity index (χ1v) is 7.93. The first-order chi connectivity index (χ1) is 12.4. The molecule has 0 aliphatic heterocycles. The van der Waals surface area contributed by atoms with Gasteiger partial charge in [-0.25, -0.2) is 5.10 Å². The third-order valence-corrected chi connectivity index (χ3v) is 3.88. The predicted molar refractivity (Wildman–Crippen MR) is 101 cm³/mol. The molecule has 0 aliphatic rings. The van der Waals surface area contributed by atoms with Gasteiger partial charge >= 0.3 is 0 Å². The summed E-state index contributed by atoms with van der Waals surface area (Å²) in [7, 11) is 0. The van der Waals surface area contributed by atoms with Crippen LogP contribution in [0.15, 0.2) is 58.4 Å². The zero-order chi connectivity index (χ0) is 18.7. The smallest absolute Gasteiger partial charge is 0.264 e. The van der Waals surface area contributed by atoms with Crippen LogP contribution in [0.2, 0.25) is 0 Å². The van der Waals surface area contributed by atoms with Crippen molar-refractivity contribution < 1.29 is 10.2 Å². The van der Waals surface area contributed by atoms with Gasteiger partial charge in [0.2, 0.25) is 0 Å². The third kappa shape index (κ3) is 3.72. The zero-order valence-electron chi connectivity index (χ0n) is 14.3. The molecule has 0 saturated carbocycles. The molecule has 0 aliphatic carbocycles. The number of benzene rings is 2. The lowest BCUT2D eigenvalue weighted by atomic mass is 10.1. The average molecular weight is 350 g/mol. The molecule has 0 fully saturated rings. The average Bonchev–Trinajstić information content (AvgIpc) is 2.60. The number of phenols is 2. The third-order valence-electron chi connectivity index (χ3n) is 3.88. The van der Waals surface area contributed by atoms with Crippen molar-refractivity contribution in [3.05, 3.63) is 70.0 Å². The lowest BCUT2D eigenvalue weighted by Crippen LogP contribution is -2.08. The van der Waals surface area contributed by atoms with Crippen molar-refractivity contribution in [2.75, 3.05) is 5.43 Å². The molecule has 2 aromatic carbocycles. The number of aromatic nitrogens is 2. The monoisotopic (exact) mass is 350 g/mol. The van der Waals surface area contributed by atoms with Crippen LogP contribution in [0.3, 0.4) is 0 Å². The lowest BCUT2D eigenvalue weighted by Gasteiger charge is -2.07. The van der Waals surface area contributed by atoms with Gasteiger partial charge in [0, 0.05) is 23.3 Å². The van der Waals surface area contributed by atoms with E-state index in [1.807, 2.05) is 31.2 Å². The molecule has 0 bridgehead atoms. The van der Waals surface area contributed by atoms with Crippen molar-refractivity contribution in [1.29, 1.82) is 0 Å². The van der Waals surface area contributed by atoms with Gasteiger partial charge in [0.1, 0.15) is 11.5 Å². The minimum absolute atomic E-state index is 0.00578. The number of hydrogen-bond acceptors (Lipinski definition) is 6. The number of H-pyrrole nitrogens is 1. The summed E-state index contributed by atoms with van der Waals surface area (Å²) in [6.07, 6.45) is 0. The molecule has 0 saturated heterocycles. The molecule has 1 heterocycles. The Morgan fingerprint density at radius 3 is 2.50 bits per heavy atom. The molecule has 7 nitrogen and oxygen atoms in total. The molecule has 0 amide bonds. The Hall–Kier alpha value is -3.61. The summed E-state index contributed by atoms with van der Waals surface area (Å²) in [5, 5.41) is 30.0. The molecule has 0 atom stereocenters. The number of hydrogen-bond donors (Lipinski definition) is 4. The number of aryl methyl sites for hydroxylation is 1. The van der Waals surface area contributed by atoms with Crippen LogP contribution < -0.4 is 11.0 Å². The van der Waals surface area contributed by atoms with E-state index in [1.165, 1.54) is 18.2 Å². The maximum absolute atomic E-state index is 11.3. The van der Waals surface area contributed by atoms with Crippen LogP contribution in [0, 0.1) is 6.92 Å². The molecule has 0 radical (unpaired) electrons. The second-order valence-corrected chi connectivity index (χ2v) is 5.85. The number of nitrogens with zero attached hydrogens (tertiary/aromatic N) is 2. The summed E-state index contributed by atoms with van der Waals surface area (Å²) in [6, 6.07) is 13.3. The fourth-order valence-electron chi connectivity index (χ4n) is 2.53. The number of aromatic hydroxyl groups is 2. The topological polar surface area (TPSA) is 111 Å². The Morgan fingerprint density at radius 2 is 1.85 bits per heavy atom. The van der Waals surface area contributed by atoms with E-state index in [2.05, 4.69) is 20.7 Å². The van der Waals surface area contributed by atoms with Crippen LogP contribution in [-0.4, -0.2) is 26.1 Å². The summed E-state index contributed by atoms with van der Waals surface area (Å²) in [5.74, 6) is -0.0447. The highest BCUT2D eigenvalue weighted by Crippen LogP contribution is 2.24. The number of phenolic OH excluding ortho intramolecular Hbond substituents is 2. The summed E-state index contributed by atoms with van der Waals surface area (Å²) < 4.78 is 0. The largest absolute Gasteiger partial charge is 0.508 e. The van der Waals surface area contributed by atoms with Gasteiger partial charge in [-0.1, -0.05) is 12.1 Å². The first-order valence-electron chi connectivity index (χ1n) is 7.93. The van der Waals surface area contributed by atoms with Crippen molar-refractivity contribution in [1.82, 2.24) is 10.2 Å². The van der Waals surface area contributed by atoms with E-state index in [-0.39, 0.29) is 17.1 Å². The number of anilines is 1. The standard InChI is InChI=1S/C19H18N4O3/c1-11-9-18(26)22-23-19(11)13-3-5-14(6-4-13)21-20-12(2)16-8-7-15(24)10-17(16)25/h3-10,21,24-25H,1-2H3,(H,22,26). The van der Waals surface area contributed by atoms with Crippen molar-refractivity contribution in [2.24, 2.45) is 5.10 Å². The van der Waals surface area contributed by atoms with Gasteiger partial charge in [-0.2, -0.15) is 10.2 Å². The van der Waals surface area contributed by atoms with E-state index in [4.69, 9.17) is 0 Å². The quantitative estimate of drug-likeness (QED) is 0.427. The Labute approximate surface area is 149 Å². The first kappa shape index (κ1) is 17.2. The minimum atomic E-state index is -0.230. The van der Waals surface area contributed by atoms with Crippen molar-refractivity contribution in [2.45, 2.75) is 13.8 Å². The molecule has 26 heavy (non-hydrogen) atoms. The van der Waals surface area contributed by atoms with Crippen molar-refractivity contribution >= 4 is 11.4 Å². The van der Waals surface area contributed by atoms with Gasteiger partial charge in [0.25, 0.3) is 5.56 Å². The molecular weight excluding hydrogens is 332 g/mol. The number of nitrogens with one attached hydrogen (secondary N) is 2. The van der Waals surface area contributed by atoms with Gasteiger partial charge in [-0.15, -0.1) is 0 Å². The minimum Gasteiger partial charge on any atom is -0.508 e. The number of hydrazone groups is 1. The van der Waals surface area contributed by atoms with Crippen LogP contribution in [0.5, 0.6) is 11.5 Å². The van der Waals surface area contributed by atoms with Gasteiger partial charge in [-0.3, -0.25) is 10.2 Å². The fraction of sp³-hybridized carbons (Fsp3) is 0.105. The van der Waals surface area contributed by atoms with Crippen LogP contribution in [0.1, 0.15) is 18.1 Å². The summed E-state index contributed by atoms with van der Waals surface area (Å²) in [5.41, 5.74) is 6.94. The van der Waals surface area contributed by atoms with Crippen LogP contribution in [-0.2, 0) is 0 Å². The number of aromatic amines is 1. The highest BCUT2D eigenvalue weighted by atomic mass is 16.3. The predicted octanol–water partition coefficient (Wildman–Crippen LogP) is 2.99. The molecule has 7 heteroatoms. The Bertz CT molecular complexity index is 1020. The van der Waals surface area contributed by atoms with E-state index in [0.717, 1.165) is 16.8 Å². The van der Waals surface area contributed by atoms with E-state index in [1.54, 1.807) is 13.0 Å². The van der Waals surface area contributed by atoms with Crippen molar-refractivity contribution in [3.63, 3.8) is 0 Å². The van der Waals surface area contributed by atoms with Gasteiger partial charge in [0.15, 0.2) is 0 Å². The van der Waals surface area contributed by atoms with Gasteiger partial charge in [-0.05, 0) is 43.7 Å². The maximum atomic E-state index is 11.3. The van der Waals surface area contributed by atoms with E-state index < -0.39 is 0 Å².